The molecular weight excluding hydrogens is 326 g/mol. The zero-order valence-electron chi connectivity index (χ0n) is 13.0. The first-order chi connectivity index (χ1) is 11.6. The Morgan fingerprint density at radius 3 is 2.79 bits per heavy atom. The lowest BCUT2D eigenvalue weighted by Gasteiger charge is -2.09. The lowest BCUT2D eigenvalue weighted by atomic mass is 10.2. The minimum atomic E-state index is -0.266. The minimum Gasteiger partial charge on any atom is -0.467 e. The van der Waals surface area contributed by atoms with Crippen LogP contribution < -0.4 is 10.6 Å². The molecular formula is C18H16ClN3O2. The van der Waals surface area contributed by atoms with Gasteiger partial charge in [-0.15, -0.1) is 0 Å². The number of rotatable bonds is 5. The van der Waals surface area contributed by atoms with Crippen molar-refractivity contribution >= 4 is 28.9 Å². The number of carbonyl (C=O) groups excluding carboxylic acids is 1. The van der Waals surface area contributed by atoms with Crippen molar-refractivity contribution in [1.29, 1.82) is 0 Å². The normalized spacial score (nSPS) is 10.4. The van der Waals surface area contributed by atoms with E-state index in [1.54, 1.807) is 42.8 Å². The molecule has 122 valence electrons. The molecule has 2 aromatic heterocycles. The van der Waals surface area contributed by atoms with Crippen molar-refractivity contribution in [3.63, 3.8) is 0 Å². The van der Waals surface area contributed by atoms with Crippen LogP contribution in [-0.4, -0.2) is 10.9 Å². The van der Waals surface area contributed by atoms with Crippen LogP contribution in [0.15, 0.2) is 59.3 Å². The number of aromatic nitrogens is 1. The molecule has 0 bridgehead atoms. The van der Waals surface area contributed by atoms with Crippen molar-refractivity contribution < 1.29 is 9.21 Å². The fourth-order valence-corrected chi connectivity index (χ4v) is 2.42. The van der Waals surface area contributed by atoms with Crippen LogP contribution in [-0.2, 0) is 6.54 Å². The number of hydrogen-bond donors (Lipinski definition) is 2. The Hall–Kier alpha value is -2.79. The quantitative estimate of drug-likeness (QED) is 0.717. The van der Waals surface area contributed by atoms with E-state index in [1.165, 1.54) is 0 Å². The molecule has 1 amide bonds. The summed E-state index contributed by atoms with van der Waals surface area (Å²) in [6.07, 6.45) is 3.24. The van der Waals surface area contributed by atoms with Crippen LogP contribution in [0, 0.1) is 6.92 Å². The number of pyridine rings is 1. The maximum Gasteiger partial charge on any atom is 0.274 e. The summed E-state index contributed by atoms with van der Waals surface area (Å²) in [6, 6.07) is 12.5. The first kappa shape index (κ1) is 16.1. The van der Waals surface area contributed by atoms with Crippen LogP contribution in [0.1, 0.15) is 21.8 Å². The Labute approximate surface area is 144 Å². The first-order valence-electron chi connectivity index (χ1n) is 7.41. The molecule has 24 heavy (non-hydrogen) atoms. The first-order valence-corrected chi connectivity index (χ1v) is 7.79. The SMILES string of the molecule is Cc1cc(Cl)ccc1NC(=O)c1ccc(NCc2ccco2)cn1. The zero-order valence-corrected chi connectivity index (χ0v) is 13.8. The van der Waals surface area contributed by atoms with Gasteiger partial charge in [-0.2, -0.15) is 0 Å². The molecule has 0 unspecified atom stereocenters. The molecule has 5 nitrogen and oxygen atoms in total. The standard InChI is InChI=1S/C18H16ClN3O2/c1-12-9-13(19)4-6-16(12)22-18(23)17-7-5-14(10-21-17)20-11-15-3-2-8-24-15/h2-10,20H,11H2,1H3,(H,22,23). The third-order valence-electron chi connectivity index (χ3n) is 3.48. The van der Waals surface area contributed by atoms with Gasteiger partial charge in [-0.05, 0) is 55.0 Å². The topological polar surface area (TPSA) is 67.2 Å². The van der Waals surface area contributed by atoms with Gasteiger partial charge in [0.25, 0.3) is 5.91 Å². The number of aryl methyl sites for hydroxylation is 1. The number of nitrogens with zero attached hydrogens (tertiary/aromatic N) is 1. The molecule has 3 rings (SSSR count). The molecule has 0 saturated carbocycles. The van der Waals surface area contributed by atoms with E-state index in [0.29, 0.717) is 22.9 Å². The van der Waals surface area contributed by atoms with Crippen LogP contribution >= 0.6 is 11.6 Å². The molecule has 6 heteroatoms. The number of halogens is 1. The summed E-state index contributed by atoms with van der Waals surface area (Å²) in [4.78, 5) is 16.5. The molecule has 1 aromatic carbocycles. The molecule has 3 aromatic rings. The molecule has 2 heterocycles. The molecule has 0 saturated heterocycles. The van der Waals surface area contributed by atoms with Gasteiger partial charge in [0.1, 0.15) is 11.5 Å². The predicted molar refractivity (Wildman–Crippen MR) is 94.4 cm³/mol. The Bertz CT molecular complexity index is 830. The van der Waals surface area contributed by atoms with E-state index in [4.69, 9.17) is 16.0 Å². The summed E-state index contributed by atoms with van der Waals surface area (Å²) in [5.41, 5.74) is 2.76. The van der Waals surface area contributed by atoms with Crippen molar-refractivity contribution in [2.75, 3.05) is 10.6 Å². The Morgan fingerprint density at radius 2 is 2.12 bits per heavy atom. The zero-order chi connectivity index (χ0) is 16.9. The number of anilines is 2. The third-order valence-corrected chi connectivity index (χ3v) is 3.71. The second-order valence-electron chi connectivity index (χ2n) is 5.28. The Balaban J connectivity index is 1.63. The summed E-state index contributed by atoms with van der Waals surface area (Å²) in [6.45, 7) is 2.45. The lowest BCUT2D eigenvalue weighted by molar-refractivity contribution is 0.102. The second-order valence-corrected chi connectivity index (χ2v) is 5.71. The van der Waals surface area contributed by atoms with Gasteiger partial charge in [0.15, 0.2) is 0 Å². The number of nitrogens with one attached hydrogen (secondary N) is 2. The van der Waals surface area contributed by atoms with Gasteiger partial charge in [0.05, 0.1) is 24.7 Å². The van der Waals surface area contributed by atoms with Crippen molar-refractivity contribution in [2.24, 2.45) is 0 Å². The van der Waals surface area contributed by atoms with Crippen LogP contribution in [0.5, 0.6) is 0 Å². The van der Waals surface area contributed by atoms with E-state index in [-0.39, 0.29) is 5.91 Å². The van der Waals surface area contributed by atoms with Gasteiger partial charge in [-0.1, -0.05) is 11.6 Å². The fraction of sp³-hybridized carbons (Fsp3) is 0.111. The van der Waals surface area contributed by atoms with Crippen LogP contribution in [0.4, 0.5) is 11.4 Å². The predicted octanol–water partition coefficient (Wildman–Crippen LogP) is 4.50. The van der Waals surface area contributed by atoms with E-state index in [9.17, 15) is 4.79 Å². The highest BCUT2D eigenvalue weighted by Gasteiger charge is 2.09. The smallest absolute Gasteiger partial charge is 0.274 e. The lowest BCUT2D eigenvalue weighted by Crippen LogP contribution is -2.14. The van der Waals surface area contributed by atoms with E-state index >= 15 is 0 Å². The molecule has 0 aliphatic rings. The molecule has 0 fully saturated rings. The number of furan rings is 1. The van der Waals surface area contributed by atoms with Crippen molar-refractivity contribution in [1.82, 2.24) is 4.98 Å². The van der Waals surface area contributed by atoms with Crippen LogP contribution in [0.3, 0.4) is 0 Å². The molecule has 0 spiro atoms. The molecule has 0 aliphatic carbocycles. The summed E-state index contributed by atoms with van der Waals surface area (Å²) >= 11 is 5.92. The minimum absolute atomic E-state index is 0.266. The maximum atomic E-state index is 12.3. The summed E-state index contributed by atoms with van der Waals surface area (Å²) in [7, 11) is 0. The average Bonchev–Trinajstić information content (AvgIpc) is 3.09. The molecule has 0 aliphatic heterocycles. The van der Waals surface area contributed by atoms with Gasteiger partial charge in [0.2, 0.25) is 0 Å². The van der Waals surface area contributed by atoms with E-state index < -0.39 is 0 Å². The molecule has 0 radical (unpaired) electrons. The largest absolute Gasteiger partial charge is 0.467 e. The van der Waals surface area contributed by atoms with Gasteiger partial charge < -0.3 is 15.1 Å². The highest BCUT2D eigenvalue weighted by atomic mass is 35.5. The number of benzene rings is 1. The van der Waals surface area contributed by atoms with Gasteiger partial charge in [-0.3, -0.25) is 4.79 Å². The van der Waals surface area contributed by atoms with Gasteiger partial charge in [0, 0.05) is 10.7 Å². The fourth-order valence-electron chi connectivity index (χ4n) is 2.19. The number of hydrogen-bond acceptors (Lipinski definition) is 4. The highest BCUT2D eigenvalue weighted by molar-refractivity contribution is 6.30. The Morgan fingerprint density at radius 1 is 1.25 bits per heavy atom. The van der Waals surface area contributed by atoms with Gasteiger partial charge >= 0.3 is 0 Å². The van der Waals surface area contributed by atoms with Crippen molar-refractivity contribution in [2.45, 2.75) is 13.5 Å². The summed E-state index contributed by atoms with van der Waals surface area (Å²) < 4.78 is 5.25. The number of carbonyl (C=O) groups is 1. The van der Waals surface area contributed by atoms with E-state index in [0.717, 1.165) is 17.0 Å². The monoisotopic (exact) mass is 341 g/mol. The van der Waals surface area contributed by atoms with E-state index in [2.05, 4.69) is 15.6 Å². The maximum absolute atomic E-state index is 12.3. The number of amides is 1. The Kier molecular flexibility index (Phi) is 4.82. The third kappa shape index (κ3) is 3.94. The van der Waals surface area contributed by atoms with Crippen LogP contribution in [0.2, 0.25) is 5.02 Å². The van der Waals surface area contributed by atoms with Crippen molar-refractivity contribution in [3.8, 4) is 0 Å². The van der Waals surface area contributed by atoms with E-state index in [1.807, 2.05) is 19.1 Å². The highest BCUT2D eigenvalue weighted by Crippen LogP contribution is 2.20. The van der Waals surface area contributed by atoms with Crippen molar-refractivity contribution in [3.05, 3.63) is 77.0 Å². The molecule has 0 atom stereocenters. The van der Waals surface area contributed by atoms with Gasteiger partial charge in [-0.25, -0.2) is 4.98 Å². The molecule has 2 N–H and O–H groups in total. The average molecular weight is 342 g/mol. The second kappa shape index (κ2) is 7.19. The summed E-state index contributed by atoms with van der Waals surface area (Å²) in [5.74, 6) is 0.563. The van der Waals surface area contributed by atoms with Crippen LogP contribution in [0.25, 0.3) is 0 Å². The summed E-state index contributed by atoms with van der Waals surface area (Å²) in [5, 5.41) is 6.64.